The summed E-state index contributed by atoms with van der Waals surface area (Å²) in [6.07, 6.45) is 0.712. The number of rotatable bonds is 6. The summed E-state index contributed by atoms with van der Waals surface area (Å²) in [7, 11) is 1.38. The van der Waals surface area contributed by atoms with Gasteiger partial charge in [-0.25, -0.2) is 0 Å². The quantitative estimate of drug-likeness (QED) is 0.750. The van der Waals surface area contributed by atoms with E-state index in [9.17, 15) is 4.79 Å². The van der Waals surface area contributed by atoms with Crippen LogP contribution in [0.1, 0.15) is 32.0 Å². The summed E-state index contributed by atoms with van der Waals surface area (Å²) in [5.74, 6) is 1.19. The number of ether oxygens (including phenoxy) is 1. The van der Waals surface area contributed by atoms with Gasteiger partial charge >= 0.3 is 5.97 Å². The summed E-state index contributed by atoms with van der Waals surface area (Å²) in [5, 5.41) is 6.82. The number of carbonyl (C=O) groups is 1. The average molecular weight is 241 g/mol. The van der Waals surface area contributed by atoms with Crippen LogP contribution in [0, 0.1) is 12.8 Å². The van der Waals surface area contributed by atoms with Crippen LogP contribution >= 0.6 is 0 Å². The van der Waals surface area contributed by atoms with Crippen molar-refractivity contribution in [2.45, 2.75) is 39.8 Å². The van der Waals surface area contributed by atoms with E-state index in [1.165, 1.54) is 7.11 Å². The number of aryl methyl sites for hydroxylation is 1. The van der Waals surface area contributed by atoms with Gasteiger partial charge < -0.3 is 9.26 Å². The van der Waals surface area contributed by atoms with E-state index in [-0.39, 0.29) is 12.0 Å². The fourth-order valence-corrected chi connectivity index (χ4v) is 1.50. The Labute approximate surface area is 101 Å². The van der Waals surface area contributed by atoms with Crippen molar-refractivity contribution in [2.24, 2.45) is 5.92 Å². The lowest BCUT2D eigenvalue weighted by molar-refractivity contribution is -0.143. The van der Waals surface area contributed by atoms with E-state index < -0.39 is 0 Å². The summed E-state index contributed by atoms with van der Waals surface area (Å²) in [4.78, 5) is 15.6. The fraction of sp³-hybridized carbons (Fsp3) is 0.727. The van der Waals surface area contributed by atoms with E-state index in [1.54, 1.807) is 6.92 Å². The van der Waals surface area contributed by atoms with Crippen LogP contribution in [0.5, 0.6) is 0 Å². The molecule has 0 fully saturated rings. The van der Waals surface area contributed by atoms with Crippen LogP contribution in [0.2, 0.25) is 0 Å². The molecule has 0 saturated carbocycles. The fourth-order valence-electron chi connectivity index (χ4n) is 1.50. The first-order valence-corrected chi connectivity index (χ1v) is 5.63. The standard InChI is InChI=1S/C11H19N3O3/c1-7(2)5-9(11(15)16-4)12-6-10-13-8(3)17-14-10/h7,9,12H,5-6H2,1-4H3. The number of nitrogens with zero attached hydrogens (tertiary/aromatic N) is 2. The molecule has 1 N–H and O–H groups in total. The highest BCUT2D eigenvalue weighted by molar-refractivity contribution is 5.75. The van der Waals surface area contributed by atoms with Gasteiger partial charge in [-0.2, -0.15) is 4.98 Å². The van der Waals surface area contributed by atoms with Gasteiger partial charge in [0.1, 0.15) is 6.04 Å². The minimum absolute atomic E-state index is 0.265. The van der Waals surface area contributed by atoms with Crippen molar-refractivity contribution in [1.29, 1.82) is 0 Å². The van der Waals surface area contributed by atoms with E-state index in [2.05, 4.69) is 29.3 Å². The highest BCUT2D eigenvalue weighted by Gasteiger charge is 2.20. The number of esters is 1. The topological polar surface area (TPSA) is 77.2 Å². The summed E-state index contributed by atoms with van der Waals surface area (Å²) in [6, 6.07) is -0.334. The van der Waals surface area contributed by atoms with Gasteiger partial charge in [-0.05, 0) is 12.3 Å². The molecule has 1 aromatic rings. The molecule has 6 heteroatoms. The molecule has 1 unspecified atom stereocenters. The smallest absolute Gasteiger partial charge is 0.322 e. The third-order valence-electron chi connectivity index (χ3n) is 2.27. The highest BCUT2D eigenvalue weighted by atomic mass is 16.5. The summed E-state index contributed by atoms with van der Waals surface area (Å²) in [5.41, 5.74) is 0. The lowest BCUT2D eigenvalue weighted by atomic mass is 10.0. The molecular formula is C11H19N3O3. The van der Waals surface area contributed by atoms with Crippen LogP contribution in [-0.4, -0.2) is 29.3 Å². The maximum atomic E-state index is 11.5. The van der Waals surface area contributed by atoms with Crippen molar-refractivity contribution in [1.82, 2.24) is 15.5 Å². The SMILES string of the molecule is COC(=O)C(CC(C)C)NCc1noc(C)n1. The zero-order chi connectivity index (χ0) is 12.8. The normalized spacial score (nSPS) is 12.8. The number of hydrogen-bond acceptors (Lipinski definition) is 6. The second-order valence-corrected chi connectivity index (χ2v) is 4.32. The molecule has 17 heavy (non-hydrogen) atoms. The molecule has 1 atom stereocenters. The van der Waals surface area contributed by atoms with Gasteiger partial charge in [0, 0.05) is 6.92 Å². The molecule has 0 saturated heterocycles. The van der Waals surface area contributed by atoms with Gasteiger partial charge in [0.05, 0.1) is 13.7 Å². The molecule has 0 bridgehead atoms. The number of aromatic nitrogens is 2. The summed E-state index contributed by atoms with van der Waals surface area (Å²) in [6.45, 7) is 6.22. The predicted octanol–water partition coefficient (Wildman–Crippen LogP) is 1.06. The Morgan fingerprint density at radius 3 is 2.71 bits per heavy atom. The van der Waals surface area contributed by atoms with Crippen molar-refractivity contribution < 1.29 is 14.1 Å². The molecule has 0 aromatic carbocycles. The zero-order valence-corrected chi connectivity index (χ0v) is 10.7. The number of methoxy groups -OCH3 is 1. The van der Waals surface area contributed by atoms with Crippen molar-refractivity contribution >= 4 is 5.97 Å². The first kappa shape index (κ1) is 13.6. The van der Waals surface area contributed by atoms with Gasteiger partial charge in [0.25, 0.3) is 0 Å². The maximum absolute atomic E-state index is 11.5. The van der Waals surface area contributed by atoms with Gasteiger partial charge in [-0.15, -0.1) is 0 Å². The second-order valence-electron chi connectivity index (χ2n) is 4.32. The molecule has 0 amide bonds. The van der Waals surface area contributed by atoms with Crippen molar-refractivity contribution in [3.63, 3.8) is 0 Å². The van der Waals surface area contributed by atoms with Crippen molar-refractivity contribution in [3.05, 3.63) is 11.7 Å². The van der Waals surface area contributed by atoms with Crippen LogP contribution in [0.15, 0.2) is 4.52 Å². The molecule has 1 aromatic heterocycles. The lowest BCUT2D eigenvalue weighted by Gasteiger charge is -2.17. The van der Waals surface area contributed by atoms with Gasteiger partial charge in [-0.3, -0.25) is 10.1 Å². The van der Waals surface area contributed by atoms with Crippen LogP contribution in [0.4, 0.5) is 0 Å². The van der Waals surface area contributed by atoms with Crippen LogP contribution in [0.25, 0.3) is 0 Å². The Kier molecular flexibility index (Phi) is 5.09. The molecule has 0 spiro atoms. The van der Waals surface area contributed by atoms with E-state index >= 15 is 0 Å². The predicted molar refractivity (Wildman–Crippen MR) is 61.1 cm³/mol. The molecule has 0 aliphatic heterocycles. The number of carbonyl (C=O) groups excluding carboxylic acids is 1. The lowest BCUT2D eigenvalue weighted by Crippen LogP contribution is -2.38. The van der Waals surface area contributed by atoms with Gasteiger partial charge in [0.2, 0.25) is 5.89 Å². The Hall–Kier alpha value is -1.43. The van der Waals surface area contributed by atoms with Crippen LogP contribution in [-0.2, 0) is 16.1 Å². The van der Waals surface area contributed by atoms with Crippen molar-refractivity contribution in [3.8, 4) is 0 Å². The number of hydrogen-bond donors (Lipinski definition) is 1. The Bertz CT molecular complexity index is 363. The van der Waals surface area contributed by atoms with Crippen molar-refractivity contribution in [2.75, 3.05) is 7.11 Å². The highest BCUT2D eigenvalue weighted by Crippen LogP contribution is 2.07. The van der Waals surface area contributed by atoms with Gasteiger partial charge in [-0.1, -0.05) is 19.0 Å². The molecule has 1 heterocycles. The third-order valence-corrected chi connectivity index (χ3v) is 2.27. The van der Waals surface area contributed by atoms with E-state index in [1.807, 2.05) is 0 Å². The summed E-state index contributed by atoms with van der Waals surface area (Å²) >= 11 is 0. The monoisotopic (exact) mass is 241 g/mol. The summed E-state index contributed by atoms with van der Waals surface area (Å²) < 4.78 is 9.59. The minimum atomic E-state index is -0.334. The Balaban J connectivity index is 2.51. The minimum Gasteiger partial charge on any atom is -0.468 e. The molecule has 0 aliphatic rings. The maximum Gasteiger partial charge on any atom is 0.322 e. The number of nitrogens with one attached hydrogen (secondary N) is 1. The molecule has 1 rings (SSSR count). The molecule has 6 nitrogen and oxygen atoms in total. The Morgan fingerprint density at radius 1 is 1.53 bits per heavy atom. The molecule has 96 valence electrons. The van der Waals surface area contributed by atoms with Crippen LogP contribution in [0.3, 0.4) is 0 Å². The Morgan fingerprint density at radius 2 is 2.24 bits per heavy atom. The molecule has 0 radical (unpaired) electrons. The molecule has 0 aliphatic carbocycles. The second kappa shape index (κ2) is 6.34. The average Bonchev–Trinajstić information content (AvgIpc) is 2.68. The largest absolute Gasteiger partial charge is 0.468 e. The third kappa shape index (κ3) is 4.52. The van der Waals surface area contributed by atoms with E-state index in [0.717, 1.165) is 0 Å². The van der Waals surface area contributed by atoms with Crippen LogP contribution < -0.4 is 5.32 Å². The zero-order valence-electron chi connectivity index (χ0n) is 10.7. The van der Waals surface area contributed by atoms with E-state index in [0.29, 0.717) is 30.6 Å². The van der Waals surface area contributed by atoms with E-state index in [4.69, 9.17) is 9.26 Å². The first-order valence-electron chi connectivity index (χ1n) is 5.63. The first-order chi connectivity index (χ1) is 8.02. The molecular weight excluding hydrogens is 222 g/mol. The van der Waals surface area contributed by atoms with Gasteiger partial charge in [0.15, 0.2) is 5.82 Å².